The van der Waals surface area contributed by atoms with E-state index >= 15 is 0 Å². The van der Waals surface area contributed by atoms with E-state index in [2.05, 4.69) is 39.8 Å². The van der Waals surface area contributed by atoms with Crippen molar-refractivity contribution < 1.29 is 23.9 Å². The maximum atomic E-state index is 13.1. The molecule has 42 heavy (non-hydrogen) atoms. The average Bonchev–Trinajstić information content (AvgIpc) is 3.32. The predicted molar refractivity (Wildman–Crippen MR) is 157 cm³/mol. The number of carbonyl (C=O) groups excluding carboxylic acids is 3. The Balaban J connectivity index is 1.16. The number of hydrogen-bond donors (Lipinski definition) is 2. The van der Waals surface area contributed by atoms with E-state index in [0.717, 1.165) is 43.9 Å². The van der Waals surface area contributed by atoms with Crippen LogP contribution in [0.3, 0.4) is 0 Å². The van der Waals surface area contributed by atoms with Crippen molar-refractivity contribution in [3.63, 3.8) is 0 Å². The third-order valence-electron chi connectivity index (χ3n) is 8.40. The first-order valence-electron chi connectivity index (χ1n) is 14.5. The van der Waals surface area contributed by atoms with Gasteiger partial charge in [0.15, 0.2) is 0 Å². The zero-order valence-electron chi connectivity index (χ0n) is 23.8. The maximum Gasteiger partial charge on any atom is 0.255 e. The minimum atomic E-state index is -0.636. The van der Waals surface area contributed by atoms with E-state index < -0.39 is 11.9 Å². The number of nitrogens with zero attached hydrogens (tertiary/aromatic N) is 2. The predicted octanol–water partition coefficient (Wildman–Crippen LogP) is 3.27. The van der Waals surface area contributed by atoms with E-state index in [-0.39, 0.29) is 30.4 Å². The fourth-order valence-electron chi connectivity index (χ4n) is 6.11. The van der Waals surface area contributed by atoms with Crippen molar-refractivity contribution in [1.82, 2.24) is 20.4 Å². The number of imide groups is 1. The summed E-state index contributed by atoms with van der Waals surface area (Å²) in [6, 6.07) is 23.6. The Morgan fingerprint density at radius 3 is 2.48 bits per heavy atom. The van der Waals surface area contributed by atoms with E-state index in [9.17, 15) is 14.4 Å². The molecule has 2 fully saturated rings. The summed E-state index contributed by atoms with van der Waals surface area (Å²) in [6.45, 7) is 3.58. The first-order valence-corrected chi connectivity index (χ1v) is 14.5. The number of fused-ring (bicyclic) bond motifs is 1. The molecular formula is C33H36N4O5. The molecule has 9 heteroatoms. The monoisotopic (exact) mass is 568 g/mol. The van der Waals surface area contributed by atoms with E-state index in [1.165, 1.54) is 11.1 Å². The summed E-state index contributed by atoms with van der Waals surface area (Å²) in [5.41, 5.74) is 3.86. The topological polar surface area (TPSA) is 100 Å². The van der Waals surface area contributed by atoms with Crippen molar-refractivity contribution in [2.45, 2.75) is 57.1 Å². The van der Waals surface area contributed by atoms with Crippen LogP contribution in [0.1, 0.15) is 46.3 Å². The van der Waals surface area contributed by atoms with Crippen molar-refractivity contribution in [3.8, 4) is 11.5 Å². The third kappa shape index (κ3) is 6.17. The minimum Gasteiger partial charge on any atom is -0.497 e. The summed E-state index contributed by atoms with van der Waals surface area (Å²) in [5.74, 6) is 0.664. The Bertz CT molecular complexity index is 1440. The molecule has 0 aliphatic carbocycles. The van der Waals surface area contributed by atoms with Crippen molar-refractivity contribution in [2.24, 2.45) is 0 Å². The van der Waals surface area contributed by atoms with Crippen LogP contribution in [0.25, 0.3) is 0 Å². The van der Waals surface area contributed by atoms with Gasteiger partial charge in [-0.2, -0.15) is 0 Å². The molecular weight excluding hydrogens is 532 g/mol. The van der Waals surface area contributed by atoms with Crippen molar-refractivity contribution in [3.05, 3.63) is 95.1 Å². The van der Waals surface area contributed by atoms with E-state index in [0.29, 0.717) is 24.3 Å². The quantitative estimate of drug-likeness (QED) is 0.382. The molecule has 3 aliphatic heterocycles. The van der Waals surface area contributed by atoms with Gasteiger partial charge in [-0.15, -0.1) is 0 Å². The molecule has 0 aromatic heterocycles. The number of hydrogen-bond acceptors (Lipinski definition) is 7. The summed E-state index contributed by atoms with van der Waals surface area (Å²) in [7, 11) is 1.67. The van der Waals surface area contributed by atoms with Crippen LogP contribution in [0.4, 0.5) is 0 Å². The van der Waals surface area contributed by atoms with Gasteiger partial charge in [0.25, 0.3) is 5.91 Å². The molecule has 3 heterocycles. The van der Waals surface area contributed by atoms with Crippen LogP contribution >= 0.6 is 0 Å². The zero-order valence-corrected chi connectivity index (χ0v) is 23.8. The molecule has 2 N–H and O–H groups in total. The van der Waals surface area contributed by atoms with Gasteiger partial charge in [0.1, 0.15) is 23.6 Å². The highest BCUT2D eigenvalue weighted by molar-refractivity contribution is 6.05. The number of nitrogens with one attached hydrogen (secondary N) is 2. The van der Waals surface area contributed by atoms with Crippen molar-refractivity contribution in [1.29, 1.82) is 0 Å². The van der Waals surface area contributed by atoms with Gasteiger partial charge in [0.2, 0.25) is 11.8 Å². The molecule has 3 atom stereocenters. The maximum absolute atomic E-state index is 13.1. The highest BCUT2D eigenvalue weighted by atomic mass is 16.5. The minimum absolute atomic E-state index is 0.109. The average molecular weight is 569 g/mol. The molecule has 3 amide bonds. The Kier molecular flexibility index (Phi) is 8.21. The lowest BCUT2D eigenvalue weighted by Gasteiger charge is -2.39. The number of benzene rings is 3. The molecule has 2 saturated heterocycles. The van der Waals surface area contributed by atoms with Crippen molar-refractivity contribution >= 4 is 17.7 Å². The lowest BCUT2D eigenvalue weighted by molar-refractivity contribution is -0.136. The van der Waals surface area contributed by atoms with Gasteiger partial charge < -0.3 is 19.7 Å². The Morgan fingerprint density at radius 1 is 0.929 bits per heavy atom. The van der Waals surface area contributed by atoms with Gasteiger partial charge in [-0.25, -0.2) is 0 Å². The van der Waals surface area contributed by atoms with Crippen LogP contribution in [0, 0.1) is 0 Å². The summed E-state index contributed by atoms with van der Waals surface area (Å²) in [5, 5.41) is 6.08. The standard InChI is InChI=1S/C33H36N4O5/c1-41-25-9-7-23(8-10-25)19-36-16-15-28(34-18-22-5-3-2-4-6-22)30(21-36)42-26-11-12-27-24(17-26)20-37(33(27)40)29-13-14-31(38)35-32(29)39/h2-12,17,28-30,34H,13-16,18-21H2,1H3,(H,35,38,39). The van der Waals surface area contributed by atoms with E-state index in [4.69, 9.17) is 9.47 Å². The molecule has 0 saturated carbocycles. The number of likely N-dealkylation sites (tertiary alicyclic amines) is 1. The molecule has 218 valence electrons. The summed E-state index contributed by atoms with van der Waals surface area (Å²) < 4.78 is 12.0. The van der Waals surface area contributed by atoms with E-state index in [1.807, 2.05) is 42.5 Å². The van der Waals surface area contributed by atoms with Gasteiger partial charge >= 0.3 is 0 Å². The second-order valence-corrected chi connectivity index (χ2v) is 11.2. The number of ether oxygens (including phenoxy) is 2. The van der Waals surface area contributed by atoms with Crippen LogP contribution < -0.4 is 20.1 Å². The lowest BCUT2D eigenvalue weighted by atomic mass is 10.00. The van der Waals surface area contributed by atoms with Gasteiger partial charge in [-0.05, 0) is 59.9 Å². The first-order chi connectivity index (χ1) is 20.5. The number of amides is 3. The molecule has 0 spiro atoms. The summed E-state index contributed by atoms with van der Waals surface area (Å²) >= 11 is 0. The van der Waals surface area contributed by atoms with E-state index in [1.54, 1.807) is 18.1 Å². The fraction of sp³-hybridized carbons (Fsp3) is 0.364. The van der Waals surface area contributed by atoms with Gasteiger partial charge in [-0.1, -0.05) is 42.5 Å². The largest absolute Gasteiger partial charge is 0.497 e. The number of carbonyl (C=O) groups is 3. The second kappa shape index (κ2) is 12.3. The summed E-state index contributed by atoms with van der Waals surface area (Å²) in [6.07, 6.45) is 1.40. The number of methoxy groups -OCH3 is 1. The highest BCUT2D eigenvalue weighted by Crippen LogP contribution is 2.31. The van der Waals surface area contributed by atoms with Crippen LogP contribution in [0.15, 0.2) is 72.8 Å². The van der Waals surface area contributed by atoms with Crippen LogP contribution in [0.2, 0.25) is 0 Å². The first kappa shape index (κ1) is 27.9. The Hall–Kier alpha value is -4.21. The highest BCUT2D eigenvalue weighted by Gasteiger charge is 2.39. The fourth-order valence-corrected chi connectivity index (χ4v) is 6.11. The SMILES string of the molecule is COc1ccc(CN2CCC(NCc3ccccc3)C(Oc3ccc4c(c3)CN(C3CCC(=O)NC3=O)C4=O)C2)cc1. The normalized spacial score (nSPS) is 22.5. The molecule has 9 nitrogen and oxygen atoms in total. The molecule has 6 rings (SSSR count). The number of rotatable bonds is 9. The Morgan fingerprint density at radius 2 is 1.71 bits per heavy atom. The van der Waals surface area contributed by atoms with Gasteiger partial charge in [-0.3, -0.25) is 24.6 Å². The molecule has 3 aliphatic rings. The molecule has 3 aromatic rings. The molecule has 0 radical (unpaired) electrons. The van der Waals surface area contributed by atoms with Gasteiger partial charge in [0, 0.05) is 50.7 Å². The van der Waals surface area contributed by atoms with Crippen LogP contribution in [-0.4, -0.2) is 65.9 Å². The second-order valence-electron chi connectivity index (χ2n) is 11.2. The van der Waals surface area contributed by atoms with Crippen LogP contribution in [0.5, 0.6) is 11.5 Å². The van der Waals surface area contributed by atoms with Crippen molar-refractivity contribution in [2.75, 3.05) is 20.2 Å². The third-order valence-corrected chi connectivity index (χ3v) is 8.40. The molecule has 3 aromatic carbocycles. The Labute approximate surface area is 245 Å². The summed E-state index contributed by atoms with van der Waals surface area (Å²) in [4.78, 5) is 41.2. The van der Waals surface area contributed by atoms with Crippen LogP contribution in [-0.2, 0) is 29.2 Å². The smallest absolute Gasteiger partial charge is 0.255 e. The number of piperidine rings is 2. The molecule has 3 unspecified atom stereocenters. The van der Waals surface area contributed by atoms with Gasteiger partial charge in [0.05, 0.1) is 7.11 Å². The lowest BCUT2D eigenvalue weighted by Crippen LogP contribution is -2.54. The zero-order chi connectivity index (χ0) is 29.1. The molecule has 0 bridgehead atoms.